The average molecular weight is 306 g/mol. The maximum absolute atomic E-state index is 12.7. The third-order valence-corrected chi connectivity index (χ3v) is 3.66. The van der Waals surface area contributed by atoms with Crippen molar-refractivity contribution in [1.29, 1.82) is 0 Å². The van der Waals surface area contributed by atoms with E-state index in [4.69, 9.17) is 4.74 Å². The van der Waals surface area contributed by atoms with Crippen LogP contribution in [0.15, 0.2) is 48.5 Å². The van der Waals surface area contributed by atoms with E-state index in [9.17, 15) is 4.79 Å². The maximum atomic E-state index is 12.7. The molecule has 0 aliphatic carbocycles. The number of aryl methyl sites for hydroxylation is 2. The Morgan fingerprint density at radius 3 is 2.70 bits per heavy atom. The number of anilines is 1. The van der Waals surface area contributed by atoms with E-state index >= 15 is 0 Å². The molecule has 1 heterocycles. The summed E-state index contributed by atoms with van der Waals surface area (Å²) in [5.41, 5.74) is 4.06. The van der Waals surface area contributed by atoms with Gasteiger partial charge in [0.05, 0.1) is 18.2 Å². The summed E-state index contributed by atoms with van der Waals surface area (Å²) in [6.07, 6.45) is 0. The summed E-state index contributed by atoms with van der Waals surface area (Å²) >= 11 is 0. The number of nitrogens with zero attached hydrogens (tertiary/aromatic N) is 1. The molecule has 2 aromatic carbocycles. The molecule has 1 aromatic heterocycles. The monoisotopic (exact) mass is 306 g/mol. The first-order valence-electron chi connectivity index (χ1n) is 7.40. The Labute approximate surface area is 135 Å². The molecule has 0 saturated carbocycles. The van der Waals surface area contributed by atoms with Crippen molar-refractivity contribution in [1.82, 2.24) is 4.98 Å². The summed E-state index contributed by atoms with van der Waals surface area (Å²) in [5, 5.41) is 3.78. The number of carbonyl (C=O) groups excluding carboxylic acids is 1. The van der Waals surface area contributed by atoms with E-state index in [1.54, 1.807) is 13.2 Å². The molecule has 0 unspecified atom stereocenters. The van der Waals surface area contributed by atoms with Crippen LogP contribution in [0.3, 0.4) is 0 Å². The summed E-state index contributed by atoms with van der Waals surface area (Å²) in [6.45, 7) is 3.89. The summed E-state index contributed by atoms with van der Waals surface area (Å²) in [4.78, 5) is 17.2. The Kier molecular flexibility index (Phi) is 3.98. The van der Waals surface area contributed by atoms with Gasteiger partial charge in [-0.15, -0.1) is 0 Å². The second kappa shape index (κ2) is 6.08. The van der Waals surface area contributed by atoms with Gasteiger partial charge < -0.3 is 10.1 Å². The van der Waals surface area contributed by atoms with Gasteiger partial charge >= 0.3 is 0 Å². The molecule has 0 aliphatic heterocycles. The van der Waals surface area contributed by atoms with Crippen LogP contribution in [0.25, 0.3) is 10.9 Å². The van der Waals surface area contributed by atoms with E-state index in [2.05, 4.69) is 10.3 Å². The molecule has 0 aliphatic rings. The fraction of sp³-hybridized carbons (Fsp3) is 0.158. The second-order valence-corrected chi connectivity index (χ2v) is 5.52. The van der Waals surface area contributed by atoms with Gasteiger partial charge in [-0.1, -0.05) is 17.7 Å². The van der Waals surface area contributed by atoms with Crippen molar-refractivity contribution in [3.63, 3.8) is 0 Å². The van der Waals surface area contributed by atoms with E-state index in [-0.39, 0.29) is 5.91 Å². The SMILES string of the molecule is COc1cccc(NC(=O)c2cc(C)nc3ccc(C)cc23)c1. The van der Waals surface area contributed by atoms with Crippen molar-refractivity contribution >= 4 is 22.5 Å². The molecule has 0 saturated heterocycles. The van der Waals surface area contributed by atoms with Crippen LogP contribution < -0.4 is 10.1 Å². The van der Waals surface area contributed by atoms with Gasteiger partial charge in [0.15, 0.2) is 0 Å². The highest BCUT2D eigenvalue weighted by Gasteiger charge is 2.13. The van der Waals surface area contributed by atoms with E-state index in [0.717, 1.165) is 22.2 Å². The van der Waals surface area contributed by atoms with Crippen molar-refractivity contribution in [2.75, 3.05) is 12.4 Å². The Balaban J connectivity index is 2.01. The Morgan fingerprint density at radius 2 is 1.91 bits per heavy atom. The van der Waals surface area contributed by atoms with Gasteiger partial charge in [-0.05, 0) is 44.2 Å². The van der Waals surface area contributed by atoms with E-state index < -0.39 is 0 Å². The summed E-state index contributed by atoms with van der Waals surface area (Å²) in [7, 11) is 1.60. The number of fused-ring (bicyclic) bond motifs is 1. The van der Waals surface area contributed by atoms with E-state index in [1.807, 2.05) is 56.3 Å². The summed E-state index contributed by atoms with van der Waals surface area (Å²) < 4.78 is 5.19. The number of hydrogen-bond acceptors (Lipinski definition) is 3. The van der Waals surface area contributed by atoms with Gasteiger partial charge in [0.1, 0.15) is 5.75 Å². The van der Waals surface area contributed by atoms with Crippen LogP contribution in [0, 0.1) is 13.8 Å². The minimum Gasteiger partial charge on any atom is -0.497 e. The van der Waals surface area contributed by atoms with Crippen LogP contribution in [0.5, 0.6) is 5.75 Å². The van der Waals surface area contributed by atoms with Crippen molar-refractivity contribution in [2.24, 2.45) is 0 Å². The zero-order valence-corrected chi connectivity index (χ0v) is 13.4. The number of aromatic nitrogens is 1. The van der Waals surface area contributed by atoms with Gasteiger partial charge in [-0.3, -0.25) is 9.78 Å². The molecular weight excluding hydrogens is 288 g/mol. The van der Waals surface area contributed by atoms with Gasteiger partial charge in [-0.25, -0.2) is 0 Å². The van der Waals surface area contributed by atoms with Gasteiger partial charge in [0.2, 0.25) is 0 Å². The molecule has 0 bridgehead atoms. The molecule has 1 amide bonds. The Bertz CT molecular complexity index is 888. The normalized spacial score (nSPS) is 10.6. The van der Waals surface area contributed by atoms with Gasteiger partial charge in [0, 0.05) is 22.8 Å². The predicted octanol–water partition coefficient (Wildman–Crippen LogP) is 4.11. The first-order valence-corrected chi connectivity index (χ1v) is 7.40. The standard InChI is InChI=1S/C19H18N2O2/c1-12-7-8-18-16(9-12)17(10-13(2)20-18)19(22)21-14-5-4-6-15(11-14)23-3/h4-11H,1-3H3,(H,21,22). The minimum absolute atomic E-state index is 0.153. The molecule has 0 atom stereocenters. The molecule has 0 spiro atoms. The maximum Gasteiger partial charge on any atom is 0.256 e. The molecule has 4 heteroatoms. The first kappa shape index (κ1) is 15.0. The number of pyridine rings is 1. The van der Waals surface area contributed by atoms with Crippen LogP contribution in [0.2, 0.25) is 0 Å². The number of benzene rings is 2. The third-order valence-electron chi connectivity index (χ3n) is 3.66. The number of carbonyl (C=O) groups is 1. The quantitative estimate of drug-likeness (QED) is 0.792. The number of nitrogens with one attached hydrogen (secondary N) is 1. The fourth-order valence-corrected chi connectivity index (χ4v) is 2.56. The lowest BCUT2D eigenvalue weighted by atomic mass is 10.0. The van der Waals surface area contributed by atoms with Crippen molar-refractivity contribution in [3.8, 4) is 5.75 Å². The highest BCUT2D eigenvalue weighted by Crippen LogP contribution is 2.22. The molecule has 116 valence electrons. The molecule has 23 heavy (non-hydrogen) atoms. The lowest BCUT2D eigenvalue weighted by Crippen LogP contribution is -2.13. The largest absolute Gasteiger partial charge is 0.497 e. The number of hydrogen-bond donors (Lipinski definition) is 1. The van der Waals surface area contributed by atoms with Crippen LogP contribution >= 0.6 is 0 Å². The zero-order valence-electron chi connectivity index (χ0n) is 13.4. The van der Waals surface area contributed by atoms with E-state index in [1.165, 1.54) is 0 Å². The van der Waals surface area contributed by atoms with E-state index in [0.29, 0.717) is 17.0 Å². The fourth-order valence-electron chi connectivity index (χ4n) is 2.56. The van der Waals surface area contributed by atoms with Crippen LogP contribution in [0.4, 0.5) is 5.69 Å². The zero-order chi connectivity index (χ0) is 16.4. The van der Waals surface area contributed by atoms with Crippen molar-refractivity contribution in [3.05, 3.63) is 65.4 Å². The van der Waals surface area contributed by atoms with Gasteiger partial charge in [0.25, 0.3) is 5.91 Å². The molecule has 3 rings (SSSR count). The molecule has 0 radical (unpaired) electrons. The predicted molar refractivity (Wildman–Crippen MR) is 92.2 cm³/mol. The number of amides is 1. The number of rotatable bonds is 3. The summed E-state index contributed by atoms with van der Waals surface area (Å²) in [6, 6.07) is 15.1. The highest BCUT2D eigenvalue weighted by atomic mass is 16.5. The topological polar surface area (TPSA) is 51.2 Å². The lowest BCUT2D eigenvalue weighted by molar-refractivity contribution is 0.102. The highest BCUT2D eigenvalue weighted by molar-refractivity contribution is 6.12. The van der Waals surface area contributed by atoms with Crippen LogP contribution in [0.1, 0.15) is 21.6 Å². The van der Waals surface area contributed by atoms with Crippen molar-refractivity contribution in [2.45, 2.75) is 13.8 Å². The third kappa shape index (κ3) is 3.16. The van der Waals surface area contributed by atoms with Crippen LogP contribution in [-0.2, 0) is 0 Å². The second-order valence-electron chi connectivity index (χ2n) is 5.52. The first-order chi connectivity index (χ1) is 11.1. The Hall–Kier alpha value is -2.88. The van der Waals surface area contributed by atoms with Crippen LogP contribution in [-0.4, -0.2) is 18.0 Å². The number of methoxy groups -OCH3 is 1. The number of ether oxygens (including phenoxy) is 1. The molecule has 1 N–H and O–H groups in total. The lowest BCUT2D eigenvalue weighted by Gasteiger charge is -2.10. The molecule has 3 aromatic rings. The Morgan fingerprint density at radius 1 is 1.09 bits per heavy atom. The van der Waals surface area contributed by atoms with Crippen molar-refractivity contribution < 1.29 is 9.53 Å². The molecular formula is C19H18N2O2. The molecule has 4 nitrogen and oxygen atoms in total. The summed E-state index contributed by atoms with van der Waals surface area (Å²) in [5.74, 6) is 0.550. The molecule has 0 fully saturated rings. The minimum atomic E-state index is -0.153. The average Bonchev–Trinajstić information content (AvgIpc) is 2.54. The smallest absolute Gasteiger partial charge is 0.256 e. The van der Waals surface area contributed by atoms with Gasteiger partial charge in [-0.2, -0.15) is 0 Å².